The van der Waals surface area contributed by atoms with Crippen molar-refractivity contribution in [2.75, 3.05) is 13.1 Å². The first-order valence-electron chi connectivity index (χ1n) is 6.14. The SMILES string of the molecule is CCNCCCC1CCCCCC1. The summed E-state index contributed by atoms with van der Waals surface area (Å²) in [6, 6.07) is 0. The zero-order valence-corrected chi connectivity index (χ0v) is 9.15. The molecule has 0 aromatic rings. The molecular formula is C12H25N. The average Bonchev–Trinajstić information content (AvgIpc) is 2.41. The zero-order valence-electron chi connectivity index (χ0n) is 9.15. The summed E-state index contributed by atoms with van der Waals surface area (Å²) in [7, 11) is 0. The molecule has 1 saturated carbocycles. The lowest BCUT2D eigenvalue weighted by Crippen LogP contribution is -2.15. The predicted octanol–water partition coefficient (Wildman–Crippen LogP) is 3.35. The second-order valence-corrected chi connectivity index (χ2v) is 4.35. The Kier molecular flexibility index (Phi) is 6.26. The maximum Gasteiger partial charge on any atom is -0.00489 e. The molecule has 0 saturated heterocycles. The molecule has 1 heteroatoms. The fourth-order valence-electron chi connectivity index (χ4n) is 2.35. The minimum atomic E-state index is 1.06. The van der Waals surface area contributed by atoms with Gasteiger partial charge < -0.3 is 5.32 Å². The van der Waals surface area contributed by atoms with E-state index >= 15 is 0 Å². The molecule has 0 amide bonds. The van der Waals surface area contributed by atoms with E-state index in [1.54, 1.807) is 0 Å². The van der Waals surface area contributed by atoms with Crippen LogP contribution in [0.3, 0.4) is 0 Å². The molecule has 0 heterocycles. The second kappa shape index (κ2) is 7.37. The number of rotatable bonds is 5. The Morgan fingerprint density at radius 2 is 1.77 bits per heavy atom. The fraction of sp³-hybridized carbons (Fsp3) is 1.00. The molecule has 13 heavy (non-hydrogen) atoms. The highest BCUT2D eigenvalue weighted by molar-refractivity contribution is 4.65. The van der Waals surface area contributed by atoms with Crippen LogP contribution in [0.25, 0.3) is 0 Å². The molecule has 0 radical (unpaired) electrons. The monoisotopic (exact) mass is 183 g/mol. The van der Waals surface area contributed by atoms with Crippen LogP contribution < -0.4 is 5.32 Å². The Bertz CT molecular complexity index is 104. The van der Waals surface area contributed by atoms with Crippen molar-refractivity contribution >= 4 is 0 Å². The van der Waals surface area contributed by atoms with Crippen molar-refractivity contribution in [2.45, 2.75) is 58.3 Å². The van der Waals surface area contributed by atoms with Gasteiger partial charge in [-0.05, 0) is 31.8 Å². The van der Waals surface area contributed by atoms with Crippen LogP contribution in [-0.4, -0.2) is 13.1 Å². The highest BCUT2D eigenvalue weighted by Crippen LogP contribution is 2.25. The van der Waals surface area contributed by atoms with E-state index in [1.165, 1.54) is 57.9 Å². The van der Waals surface area contributed by atoms with Gasteiger partial charge in [0.15, 0.2) is 0 Å². The van der Waals surface area contributed by atoms with E-state index in [2.05, 4.69) is 12.2 Å². The summed E-state index contributed by atoms with van der Waals surface area (Å²) in [5.74, 6) is 1.06. The molecule has 0 atom stereocenters. The van der Waals surface area contributed by atoms with Gasteiger partial charge in [0.1, 0.15) is 0 Å². The van der Waals surface area contributed by atoms with Gasteiger partial charge >= 0.3 is 0 Å². The molecule has 1 N–H and O–H groups in total. The summed E-state index contributed by atoms with van der Waals surface area (Å²) >= 11 is 0. The van der Waals surface area contributed by atoms with Crippen molar-refractivity contribution < 1.29 is 0 Å². The topological polar surface area (TPSA) is 12.0 Å². The molecule has 0 aliphatic heterocycles. The van der Waals surface area contributed by atoms with E-state index in [4.69, 9.17) is 0 Å². The molecule has 1 fully saturated rings. The van der Waals surface area contributed by atoms with Crippen LogP contribution in [0.4, 0.5) is 0 Å². The van der Waals surface area contributed by atoms with Gasteiger partial charge in [0.05, 0.1) is 0 Å². The smallest absolute Gasteiger partial charge is 0.00489 e. The van der Waals surface area contributed by atoms with Crippen LogP contribution in [-0.2, 0) is 0 Å². The third-order valence-corrected chi connectivity index (χ3v) is 3.19. The number of hydrogen-bond donors (Lipinski definition) is 1. The molecule has 1 rings (SSSR count). The first-order valence-corrected chi connectivity index (χ1v) is 6.14. The van der Waals surface area contributed by atoms with Crippen LogP contribution in [0.2, 0.25) is 0 Å². The molecule has 0 aromatic heterocycles. The van der Waals surface area contributed by atoms with E-state index in [0.717, 1.165) is 12.5 Å². The molecule has 0 unspecified atom stereocenters. The summed E-state index contributed by atoms with van der Waals surface area (Å²) in [5.41, 5.74) is 0. The normalized spacial score (nSPS) is 20.1. The molecule has 0 aromatic carbocycles. The van der Waals surface area contributed by atoms with Crippen molar-refractivity contribution in [3.63, 3.8) is 0 Å². The molecule has 1 aliphatic rings. The van der Waals surface area contributed by atoms with Crippen LogP contribution >= 0.6 is 0 Å². The predicted molar refractivity (Wildman–Crippen MR) is 59.0 cm³/mol. The Morgan fingerprint density at radius 1 is 1.08 bits per heavy atom. The lowest BCUT2D eigenvalue weighted by atomic mass is 9.95. The average molecular weight is 183 g/mol. The maximum absolute atomic E-state index is 3.40. The summed E-state index contributed by atoms with van der Waals surface area (Å²) in [6.07, 6.45) is 11.8. The van der Waals surface area contributed by atoms with E-state index < -0.39 is 0 Å². The fourth-order valence-corrected chi connectivity index (χ4v) is 2.35. The van der Waals surface area contributed by atoms with Crippen molar-refractivity contribution in [1.82, 2.24) is 5.32 Å². The van der Waals surface area contributed by atoms with Crippen molar-refractivity contribution in [1.29, 1.82) is 0 Å². The van der Waals surface area contributed by atoms with E-state index in [0.29, 0.717) is 0 Å². The standard InChI is InChI=1S/C12H25N/c1-2-13-11-7-10-12-8-5-3-4-6-9-12/h12-13H,2-11H2,1H3. The van der Waals surface area contributed by atoms with E-state index in [-0.39, 0.29) is 0 Å². The van der Waals surface area contributed by atoms with Crippen LogP contribution in [0.5, 0.6) is 0 Å². The van der Waals surface area contributed by atoms with Crippen LogP contribution in [0.1, 0.15) is 58.3 Å². The first kappa shape index (κ1) is 11.0. The van der Waals surface area contributed by atoms with Gasteiger partial charge in [0.2, 0.25) is 0 Å². The quantitative estimate of drug-likeness (QED) is 0.509. The van der Waals surface area contributed by atoms with Gasteiger partial charge in [-0.3, -0.25) is 0 Å². The Morgan fingerprint density at radius 3 is 2.38 bits per heavy atom. The van der Waals surface area contributed by atoms with Crippen molar-refractivity contribution in [3.05, 3.63) is 0 Å². The minimum Gasteiger partial charge on any atom is -0.317 e. The van der Waals surface area contributed by atoms with Gasteiger partial charge in [-0.2, -0.15) is 0 Å². The van der Waals surface area contributed by atoms with Gasteiger partial charge in [-0.25, -0.2) is 0 Å². The zero-order chi connectivity index (χ0) is 9.36. The van der Waals surface area contributed by atoms with Gasteiger partial charge in [0, 0.05) is 0 Å². The van der Waals surface area contributed by atoms with Crippen molar-refractivity contribution in [3.8, 4) is 0 Å². The number of nitrogens with one attached hydrogen (secondary N) is 1. The highest BCUT2D eigenvalue weighted by Gasteiger charge is 2.10. The largest absolute Gasteiger partial charge is 0.317 e. The van der Waals surface area contributed by atoms with Gasteiger partial charge in [0.25, 0.3) is 0 Å². The Hall–Kier alpha value is -0.0400. The maximum atomic E-state index is 3.40. The molecule has 0 bridgehead atoms. The summed E-state index contributed by atoms with van der Waals surface area (Å²) in [4.78, 5) is 0. The third-order valence-electron chi connectivity index (χ3n) is 3.19. The Balaban J connectivity index is 1.98. The van der Waals surface area contributed by atoms with Crippen molar-refractivity contribution in [2.24, 2.45) is 5.92 Å². The van der Waals surface area contributed by atoms with E-state index in [1.807, 2.05) is 0 Å². The summed E-state index contributed by atoms with van der Waals surface area (Å²) in [6.45, 7) is 4.54. The Labute approximate surface area is 83.3 Å². The van der Waals surface area contributed by atoms with E-state index in [9.17, 15) is 0 Å². The molecule has 1 aliphatic carbocycles. The van der Waals surface area contributed by atoms with Crippen LogP contribution in [0, 0.1) is 5.92 Å². The number of hydrogen-bond acceptors (Lipinski definition) is 1. The highest BCUT2D eigenvalue weighted by atomic mass is 14.8. The minimum absolute atomic E-state index is 1.06. The summed E-state index contributed by atoms with van der Waals surface area (Å²) < 4.78 is 0. The first-order chi connectivity index (χ1) is 6.43. The lowest BCUT2D eigenvalue weighted by Gasteiger charge is -2.13. The van der Waals surface area contributed by atoms with Gasteiger partial charge in [-0.1, -0.05) is 45.4 Å². The van der Waals surface area contributed by atoms with Gasteiger partial charge in [-0.15, -0.1) is 0 Å². The molecule has 78 valence electrons. The third kappa shape index (κ3) is 5.30. The lowest BCUT2D eigenvalue weighted by molar-refractivity contribution is 0.411. The molecule has 0 spiro atoms. The summed E-state index contributed by atoms with van der Waals surface area (Å²) in [5, 5.41) is 3.40. The second-order valence-electron chi connectivity index (χ2n) is 4.35. The van der Waals surface area contributed by atoms with Crippen LogP contribution in [0.15, 0.2) is 0 Å². The molecule has 1 nitrogen and oxygen atoms in total. The molecular weight excluding hydrogens is 158 g/mol.